The molecule has 1 aliphatic carbocycles. The van der Waals surface area contributed by atoms with Crippen molar-refractivity contribution in [2.45, 2.75) is 25.8 Å². The minimum absolute atomic E-state index is 0.0805. The molecular weight excluding hydrogens is 326 g/mol. The Morgan fingerprint density at radius 2 is 1.75 bits per heavy atom. The van der Waals surface area contributed by atoms with Crippen LogP contribution in [0.3, 0.4) is 0 Å². The van der Waals surface area contributed by atoms with Crippen molar-refractivity contribution in [2.24, 2.45) is 0 Å². The van der Waals surface area contributed by atoms with Crippen molar-refractivity contribution in [3.63, 3.8) is 0 Å². The van der Waals surface area contributed by atoms with Crippen molar-refractivity contribution in [1.82, 2.24) is 5.32 Å². The lowest BCUT2D eigenvalue weighted by Crippen LogP contribution is -2.25. The highest BCUT2D eigenvalue weighted by atomic mass is 35.5. The van der Waals surface area contributed by atoms with Crippen LogP contribution in [0.2, 0.25) is 5.02 Å². The monoisotopic (exact) mass is 343 g/mol. The average molecular weight is 344 g/mol. The number of benzene rings is 2. The third kappa shape index (κ3) is 4.06. The Bertz CT molecular complexity index is 770. The molecule has 24 heavy (non-hydrogen) atoms. The lowest BCUT2D eigenvalue weighted by atomic mass is 10.2. The maximum absolute atomic E-state index is 12.1. The summed E-state index contributed by atoms with van der Waals surface area (Å²) < 4.78 is 0. The summed E-state index contributed by atoms with van der Waals surface area (Å²) in [5, 5.41) is 9.01. The van der Waals surface area contributed by atoms with Gasteiger partial charge in [0.15, 0.2) is 0 Å². The molecule has 0 bridgehead atoms. The van der Waals surface area contributed by atoms with E-state index in [4.69, 9.17) is 11.6 Å². The number of hydrogen-bond donors (Lipinski definition) is 3. The first-order valence-electron chi connectivity index (χ1n) is 7.77. The summed E-state index contributed by atoms with van der Waals surface area (Å²) in [5.74, 6) is -0.0805. The lowest BCUT2D eigenvalue weighted by Gasteiger charge is -2.11. The zero-order valence-electron chi connectivity index (χ0n) is 13.2. The third-order valence-electron chi connectivity index (χ3n) is 3.83. The van der Waals surface area contributed by atoms with Crippen LogP contribution in [0.5, 0.6) is 0 Å². The average Bonchev–Trinajstić information content (AvgIpc) is 3.36. The number of carbonyl (C=O) groups excluding carboxylic acids is 2. The fraction of sp³-hybridized carbons (Fsp3) is 0.222. The summed E-state index contributed by atoms with van der Waals surface area (Å²) in [6.45, 7) is 1.84. The van der Waals surface area contributed by atoms with Gasteiger partial charge in [-0.1, -0.05) is 17.7 Å². The number of anilines is 2. The first-order valence-corrected chi connectivity index (χ1v) is 8.15. The predicted molar refractivity (Wildman–Crippen MR) is 95.8 cm³/mol. The van der Waals surface area contributed by atoms with Crippen molar-refractivity contribution in [2.75, 3.05) is 10.6 Å². The van der Waals surface area contributed by atoms with Crippen molar-refractivity contribution >= 4 is 34.9 Å². The van der Waals surface area contributed by atoms with Gasteiger partial charge in [-0.2, -0.15) is 0 Å². The molecule has 124 valence electrons. The van der Waals surface area contributed by atoms with Crippen LogP contribution in [0.1, 0.15) is 28.8 Å². The molecule has 0 unspecified atom stereocenters. The zero-order chi connectivity index (χ0) is 17.1. The molecular formula is C18H18ClN3O2. The van der Waals surface area contributed by atoms with Crippen molar-refractivity contribution in [3.05, 3.63) is 58.6 Å². The van der Waals surface area contributed by atoms with Crippen LogP contribution in [0.15, 0.2) is 42.5 Å². The molecule has 1 saturated carbocycles. The highest BCUT2D eigenvalue weighted by molar-refractivity contribution is 6.31. The third-order valence-corrected chi connectivity index (χ3v) is 4.24. The molecule has 1 aliphatic rings. The summed E-state index contributed by atoms with van der Waals surface area (Å²) in [7, 11) is 0. The molecule has 2 aromatic carbocycles. The smallest absolute Gasteiger partial charge is 0.323 e. The number of amides is 3. The minimum Gasteiger partial charge on any atom is -0.349 e. The molecule has 0 radical (unpaired) electrons. The van der Waals surface area contributed by atoms with Gasteiger partial charge in [0.05, 0.1) is 0 Å². The van der Waals surface area contributed by atoms with Gasteiger partial charge < -0.3 is 16.0 Å². The van der Waals surface area contributed by atoms with E-state index >= 15 is 0 Å². The molecule has 6 heteroatoms. The summed E-state index contributed by atoms with van der Waals surface area (Å²) in [6, 6.07) is 12.1. The molecule has 0 saturated heterocycles. The van der Waals surface area contributed by atoms with Gasteiger partial charge in [0.2, 0.25) is 0 Å². The summed E-state index contributed by atoms with van der Waals surface area (Å²) >= 11 is 6.04. The summed E-state index contributed by atoms with van der Waals surface area (Å²) in [5.41, 5.74) is 2.65. The maximum Gasteiger partial charge on any atom is 0.323 e. The highest BCUT2D eigenvalue weighted by Crippen LogP contribution is 2.23. The van der Waals surface area contributed by atoms with E-state index in [1.807, 2.05) is 6.92 Å². The lowest BCUT2D eigenvalue weighted by molar-refractivity contribution is 0.0951. The Kier molecular flexibility index (Phi) is 4.71. The minimum atomic E-state index is -0.365. The predicted octanol–water partition coefficient (Wildman–Crippen LogP) is 4.18. The number of nitrogens with one attached hydrogen (secondary N) is 3. The Hall–Kier alpha value is -2.53. The first-order chi connectivity index (χ1) is 11.5. The van der Waals surface area contributed by atoms with Crippen LogP contribution in [-0.2, 0) is 0 Å². The molecule has 3 amide bonds. The zero-order valence-corrected chi connectivity index (χ0v) is 14.0. The van der Waals surface area contributed by atoms with E-state index in [0.29, 0.717) is 28.0 Å². The van der Waals surface area contributed by atoms with Gasteiger partial charge in [0, 0.05) is 28.0 Å². The second-order valence-corrected chi connectivity index (χ2v) is 6.22. The van der Waals surface area contributed by atoms with Gasteiger partial charge in [-0.15, -0.1) is 0 Å². The summed E-state index contributed by atoms with van der Waals surface area (Å²) in [6.07, 6.45) is 2.10. The Morgan fingerprint density at radius 1 is 1.04 bits per heavy atom. The maximum atomic E-state index is 12.1. The van der Waals surface area contributed by atoms with Crippen LogP contribution < -0.4 is 16.0 Å². The van der Waals surface area contributed by atoms with Crippen LogP contribution in [0.4, 0.5) is 16.2 Å². The van der Waals surface area contributed by atoms with Crippen LogP contribution in [-0.4, -0.2) is 18.0 Å². The number of urea groups is 1. The highest BCUT2D eigenvalue weighted by Gasteiger charge is 2.23. The molecule has 2 aromatic rings. The van der Waals surface area contributed by atoms with E-state index < -0.39 is 0 Å². The molecule has 0 heterocycles. The molecule has 0 spiro atoms. The topological polar surface area (TPSA) is 70.2 Å². The molecule has 5 nitrogen and oxygen atoms in total. The molecule has 0 atom stereocenters. The van der Waals surface area contributed by atoms with E-state index in [-0.39, 0.29) is 11.9 Å². The van der Waals surface area contributed by atoms with Gasteiger partial charge in [0.25, 0.3) is 5.91 Å². The van der Waals surface area contributed by atoms with Crippen LogP contribution >= 0.6 is 11.6 Å². The van der Waals surface area contributed by atoms with Crippen LogP contribution in [0, 0.1) is 6.92 Å². The van der Waals surface area contributed by atoms with E-state index in [9.17, 15) is 9.59 Å². The molecule has 0 aromatic heterocycles. The summed E-state index contributed by atoms with van der Waals surface area (Å²) in [4.78, 5) is 24.0. The fourth-order valence-electron chi connectivity index (χ4n) is 2.23. The largest absolute Gasteiger partial charge is 0.349 e. The van der Waals surface area contributed by atoms with Gasteiger partial charge in [-0.05, 0) is 61.7 Å². The van der Waals surface area contributed by atoms with E-state index in [1.54, 1.807) is 42.5 Å². The molecule has 3 N–H and O–H groups in total. The number of halogens is 1. The number of carbonyl (C=O) groups is 2. The molecule has 3 rings (SSSR count). The van der Waals surface area contributed by atoms with Gasteiger partial charge in [-0.3, -0.25) is 4.79 Å². The van der Waals surface area contributed by atoms with Crippen molar-refractivity contribution in [1.29, 1.82) is 0 Å². The first kappa shape index (κ1) is 16.3. The standard InChI is InChI=1S/C18H18ClN3O2/c1-11-15(19)3-2-4-16(11)22-18(24)21-14-7-5-12(6-8-14)17(23)20-13-9-10-13/h2-8,13H,9-10H2,1H3,(H,20,23)(H2,21,22,24). The second-order valence-electron chi connectivity index (χ2n) is 5.82. The molecule has 0 aliphatic heterocycles. The van der Waals surface area contributed by atoms with Gasteiger partial charge >= 0.3 is 6.03 Å². The fourth-order valence-corrected chi connectivity index (χ4v) is 2.40. The van der Waals surface area contributed by atoms with E-state index in [1.165, 1.54) is 0 Å². The second kappa shape index (κ2) is 6.93. The Balaban J connectivity index is 1.59. The van der Waals surface area contributed by atoms with Gasteiger partial charge in [-0.25, -0.2) is 4.79 Å². The van der Waals surface area contributed by atoms with E-state index in [0.717, 1.165) is 18.4 Å². The quantitative estimate of drug-likeness (QED) is 0.779. The van der Waals surface area contributed by atoms with Crippen molar-refractivity contribution in [3.8, 4) is 0 Å². The SMILES string of the molecule is Cc1c(Cl)cccc1NC(=O)Nc1ccc(C(=O)NC2CC2)cc1. The van der Waals surface area contributed by atoms with Crippen molar-refractivity contribution < 1.29 is 9.59 Å². The molecule has 1 fully saturated rings. The normalized spacial score (nSPS) is 13.2. The van der Waals surface area contributed by atoms with Crippen LogP contribution in [0.25, 0.3) is 0 Å². The van der Waals surface area contributed by atoms with E-state index in [2.05, 4.69) is 16.0 Å². The Morgan fingerprint density at radius 3 is 2.42 bits per heavy atom. The van der Waals surface area contributed by atoms with Gasteiger partial charge in [0.1, 0.15) is 0 Å². The number of rotatable bonds is 4. The Labute approximate surface area is 145 Å². The number of hydrogen-bond acceptors (Lipinski definition) is 2.